The maximum atomic E-state index is 11.8. The summed E-state index contributed by atoms with van der Waals surface area (Å²) in [4.78, 5) is 11.8. The Kier molecular flexibility index (Phi) is 6.05. The molecule has 0 aliphatic heterocycles. The molecule has 7 heteroatoms. The van der Waals surface area contributed by atoms with Crippen molar-refractivity contribution < 1.29 is 9.53 Å². The Morgan fingerprint density at radius 2 is 2.14 bits per heavy atom. The normalized spacial score (nSPS) is 9.90. The molecule has 0 fully saturated rings. The first-order valence-corrected chi connectivity index (χ1v) is 6.60. The number of carbonyl (C=O) groups excluding carboxylic acids is 1. The van der Waals surface area contributed by atoms with Crippen LogP contribution < -0.4 is 5.32 Å². The van der Waals surface area contributed by atoms with Gasteiger partial charge in [0.15, 0.2) is 0 Å². The third-order valence-corrected chi connectivity index (χ3v) is 3.18. The minimum absolute atomic E-state index is 0. The van der Waals surface area contributed by atoms with Gasteiger partial charge in [0.2, 0.25) is 0 Å². The summed E-state index contributed by atoms with van der Waals surface area (Å²) in [6.07, 6.45) is 0.847. The lowest BCUT2D eigenvalue weighted by Gasteiger charge is -2.11. The van der Waals surface area contributed by atoms with Crippen LogP contribution in [0, 0.1) is 0 Å². The first-order valence-electron chi connectivity index (χ1n) is 6.23. The number of aryl methyl sites for hydroxylation is 2. The van der Waals surface area contributed by atoms with Crippen LogP contribution in [0.3, 0.4) is 0 Å². The van der Waals surface area contributed by atoms with Gasteiger partial charge in [-0.15, -0.1) is 12.4 Å². The molecule has 0 unspecified atom stereocenters. The van der Waals surface area contributed by atoms with E-state index < -0.39 is 5.97 Å². The summed E-state index contributed by atoms with van der Waals surface area (Å²) in [5.74, 6) is 0.363. The quantitative estimate of drug-likeness (QED) is 0.871. The number of hydrogen-bond acceptors (Lipinski definition) is 4. The smallest absolute Gasteiger partial charge is 0.340 e. The molecule has 1 aromatic carbocycles. The second-order valence-electron chi connectivity index (χ2n) is 4.30. The van der Waals surface area contributed by atoms with E-state index >= 15 is 0 Å². The van der Waals surface area contributed by atoms with Crippen molar-refractivity contribution in [1.82, 2.24) is 9.78 Å². The van der Waals surface area contributed by atoms with Gasteiger partial charge in [0.1, 0.15) is 5.82 Å². The fourth-order valence-corrected chi connectivity index (χ4v) is 2.03. The van der Waals surface area contributed by atoms with Crippen LogP contribution in [0.4, 0.5) is 11.5 Å². The van der Waals surface area contributed by atoms with Gasteiger partial charge in [0.25, 0.3) is 0 Å². The Labute approximate surface area is 134 Å². The molecule has 0 saturated heterocycles. The van der Waals surface area contributed by atoms with Crippen LogP contribution in [0.15, 0.2) is 24.3 Å². The molecule has 0 amide bonds. The highest BCUT2D eigenvalue weighted by atomic mass is 35.5. The van der Waals surface area contributed by atoms with E-state index in [0.717, 1.165) is 17.9 Å². The highest BCUT2D eigenvalue weighted by Crippen LogP contribution is 2.25. The number of esters is 1. The lowest BCUT2D eigenvalue weighted by molar-refractivity contribution is 0.0602. The van der Waals surface area contributed by atoms with Crippen LogP contribution in [-0.4, -0.2) is 22.9 Å². The second kappa shape index (κ2) is 7.33. The zero-order valence-corrected chi connectivity index (χ0v) is 13.6. The van der Waals surface area contributed by atoms with Gasteiger partial charge in [-0.2, -0.15) is 5.10 Å². The number of hydrogen-bond donors (Lipinski definition) is 1. The van der Waals surface area contributed by atoms with E-state index in [2.05, 4.69) is 10.4 Å². The van der Waals surface area contributed by atoms with Crippen molar-refractivity contribution >= 4 is 41.5 Å². The molecule has 0 aliphatic carbocycles. The van der Waals surface area contributed by atoms with Gasteiger partial charge in [0, 0.05) is 18.1 Å². The lowest BCUT2D eigenvalue weighted by atomic mass is 10.2. The van der Waals surface area contributed by atoms with Gasteiger partial charge in [-0.3, -0.25) is 4.68 Å². The number of nitrogens with zero attached hydrogens (tertiary/aromatic N) is 2. The molecule has 0 bridgehead atoms. The largest absolute Gasteiger partial charge is 0.465 e. The summed E-state index contributed by atoms with van der Waals surface area (Å²) in [5, 5.41) is 8.01. The summed E-state index contributed by atoms with van der Waals surface area (Å²) >= 11 is 5.93. The fourth-order valence-electron chi connectivity index (χ4n) is 1.86. The van der Waals surface area contributed by atoms with Crippen LogP contribution >= 0.6 is 24.0 Å². The van der Waals surface area contributed by atoms with Gasteiger partial charge in [-0.1, -0.05) is 18.5 Å². The average molecular weight is 330 g/mol. The van der Waals surface area contributed by atoms with E-state index in [9.17, 15) is 4.79 Å². The van der Waals surface area contributed by atoms with Crippen LogP contribution in [0.5, 0.6) is 0 Å². The summed E-state index contributed by atoms with van der Waals surface area (Å²) in [7, 11) is 3.18. The van der Waals surface area contributed by atoms with Crippen molar-refractivity contribution in [2.75, 3.05) is 12.4 Å². The molecule has 1 heterocycles. The molecular weight excluding hydrogens is 313 g/mol. The highest BCUT2D eigenvalue weighted by molar-refractivity contribution is 6.31. The van der Waals surface area contributed by atoms with E-state index in [4.69, 9.17) is 16.3 Å². The maximum Gasteiger partial charge on any atom is 0.340 e. The van der Waals surface area contributed by atoms with Crippen molar-refractivity contribution in [2.45, 2.75) is 13.3 Å². The molecule has 2 rings (SSSR count). The lowest BCUT2D eigenvalue weighted by Crippen LogP contribution is -2.07. The SMILES string of the molecule is CCc1cc(Nc2ccc(Cl)cc2C(=O)OC)n(C)n1.Cl. The molecule has 0 radical (unpaired) electrons. The van der Waals surface area contributed by atoms with Gasteiger partial charge >= 0.3 is 5.97 Å². The zero-order valence-electron chi connectivity index (χ0n) is 12.0. The predicted molar refractivity (Wildman–Crippen MR) is 85.9 cm³/mol. The molecule has 1 N–H and O–H groups in total. The van der Waals surface area contributed by atoms with Gasteiger partial charge in [-0.05, 0) is 24.6 Å². The third kappa shape index (κ3) is 3.89. The second-order valence-corrected chi connectivity index (χ2v) is 4.74. The van der Waals surface area contributed by atoms with Gasteiger partial charge in [0.05, 0.1) is 24.1 Å². The van der Waals surface area contributed by atoms with Crippen LogP contribution in [0.1, 0.15) is 23.0 Å². The third-order valence-electron chi connectivity index (χ3n) is 2.94. The van der Waals surface area contributed by atoms with Crippen LogP contribution in [0.2, 0.25) is 5.02 Å². The average Bonchev–Trinajstić information content (AvgIpc) is 2.80. The van der Waals surface area contributed by atoms with E-state index in [1.165, 1.54) is 7.11 Å². The molecule has 0 atom stereocenters. The number of nitrogens with one attached hydrogen (secondary N) is 1. The monoisotopic (exact) mass is 329 g/mol. The minimum atomic E-state index is -0.437. The molecule has 2 aromatic rings. The fraction of sp³-hybridized carbons (Fsp3) is 0.286. The number of ether oxygens (including phenoxy) is 1. The Bertz CT molecular complexity index is 641. The number of halogens is 2. The van der Waals surface area contributed by atoms with Gasteiger partial charge < -0.3 is 10.1 Å². The molecule has 0 spiro atoms. The number of rotatable bonds is 4. The summed E-state index contributed by atoms with van der Waals surface area (Å²) in [5.41, 5.74) is 2.00. The summed E-state index contributed by atoms with van der Waals surface area (Å²) in [6, 6.07) is 6.98. The molecule has 5 nitrogen and oxygen atoms in total. The molecule has 21 heavy (non-hydrogen) atoms. The number of methoxy groups -OCH3 is 1. The Morgan fingerprint density at radius 3 is 2.71 bits per heavy atom. The molecule has 0 aliphatic rings. The predicted octanol–water partition coefficient (Wildman–Crippen LogP) is 3.59. The maximum absolute atomic E-state index is 11.8. The van der Waals surface area contributed by atoms with Crippen molar-refractivity contribution in [3.05, 3.63) is 40.5 Å². The Balaban J connectivity index is 0.00000220. The molecule has 114 valence electrons. The van der Waals surface area contributed by atoms with E-state index in [1.807, 2.05) is 20.0 Å². The Morgan fingerprint density at radius 1 is 1.43 bits per heavy atom. The first-order chi connectivity index (χ1) is 9.55. The molecule has 1 aromatic heterocycles. The summed E-state index contributed by atoms with van der Waals surface area (Å²) in [6.45, 7) is 2.04. The van der Waals surface area contributed by atoms with Crippen LogP contribution in [0.25, 0.3) is 0 Å². The van der Waals surface area contributed by atoms with Crippen LogP contribution in [-0.2, 0) is 18.2 Å². The van der Waals surface area contributed by atoms with Gasteiger partial charge in [-0.25, -0.2) is 4.79 Å². The highest BCUT2D eigenvalue weighted by Gasteiger charge is 2.14. The van der Waals surface area contributed by atoms with Crippen molar-refractivity contribution in [3.8, 4) is 0 Å². The standard InChI is InChI=1S/C14H16ClN3O2.ClH/c1-4-10-8-13(18(2)17-10)16-12-6-5-9(15)7-11(12)14(19)20-3;/h5-8,16H,4H2,1-3H3;1H. The number of benzene rings is 1. The van der Waals surface area contributed by atoms with E-state index in [0.29, 0.717) is 16.3 Å². The zero-order chi connectivity index (χ0) is 14.7. The van der Waals surface area contributed by atoms with Crippen molar-refractivity contribution in [2.24, 2.45) is 7.05 Å². The van der Waals surface area contributed by atoms with E-state index in [1.54, 1.807) is 22.9 Å². The van der Waals surface area contributed by atoms with Crippen molar-refractivity contribution in [3.63, 3.8) is 0 Å². The number of carbonyl (C=O) groups is 1. The minimum Gasteiger partial charge on any atom is -0.465 e. The summed E-state index contributed by atoms with van der Waals surface area (Å²) < 4.78 is 6.50. The first kappa shape index (κ1) is 17.3. The van der Waals surface area contributed by atoms with Crippen molar-refractivity contribution in [1.29, 1.82) is 0 Å². The van der Waals surface area contributed by atoms with E-state index in [-0.39, 0.29) is 12.4 Å². The number of aromatic nitrogens is 2. The number of anilines is 2. The molecular formula is C14H17Cl2N3O2. The Hall–Kier alpha value is -1.72. The topological polar surface area (TPSA) is 56.1 Å². The molecule has 0 saturated carbocycles.